The number of unbranched alkanes of at least 4 members (excludes halogenated alkanes) is 9. The van der Waals surface area contributed by atoms with Gasteiger partial charge in [-0.3, -0.25) is 0 Å². The maximum atomic E-state index is 11.3. The first-order chi connectivity index (χ1) is 11.0. The standard InChI is InChI=1S/C14H30O9S.Na.H/c1-2-3-4-5-6-7-8-9-10-11-12-22-24(20,21)23-14(18,19)13(15,16)17;;/h15-19H,2-12H2,1H3;;/q;+1;-1. The van der Waals surface area contributed by atoms with Crippen molar-refractivity contribution in [2.75, 3.05) is 6.61 Å². The molecule has 0 bridgehead atoms. The van der Waals surface area contributed by atoms with Crippen LogP contribution >= 0.6 is 0 Å². The molecule has 0 saturated carbocycles. The van der Waals surface area contributed by atoms with Crippen LogP contribution in [0.4, 0.5) is 0 Å². The van der Waals surface area contributed by atoms with E-state index >= 15 is 0 Å². The predicted molar refractivity (Wildman–Crippen MR) is 85.5 cm³/mol. The molecule has 0 aromatic rings. The summed E-state index contributed by atoms with van der Waals surface area (Å²) in [6, 6.07) is 0. The first kappa shape index (κ1) is 27.9. The van der Waals surface area contributed by atoms with Crippen LogP contribution in [0.15, 0.2) is 0 Å². The Morgan fingerprint density at radius 2 is 1.20 bits per heavy atom. The van der Waals surface area contributed by atoms with Gasteiger partial charge in [-0.2, -0.15) is 12.6 Å². The number of rotatable bonds is 15. The molecule has 0 unspecified atom stereocenters. The van der Waals surface area contributed by atoms with Crippen LogP contribution in [0.2, 0.25) is 0 Å². The van der Waals surface area contributed by atoms with Crippen molar-refractivity contribution < 1.29 is 73.3 Å². The normalized spacial score (nSPS) is 12.9. The summed E-state index contributed by atoms with van der Waals surface area (Å²) in [5.74, 6) is -8.32. The molecule has 25 heavy (non-hydrogen) atoms. The van der Waals surface area contributed by atoms with Crippen LogP contribution in [0.25, 0.3) is 0 Å². The number of hydrogen-bond donors (Lipinski definition) is 5. The van der Waals surface area contributed by atoms with E-state index in [0.717, 1.165) is 25.7 Å². The smallest absolute Gasteiger partial charge is 1.00 e. The van der Waals surface area contributed by atoms with Crippen molar-refractivity contribution in [3.05, 3.63) is 0 Å². The van der Waals surface area contributed by atoms with Crippen molar-refractivity contribution in [2.24, 2.45) is 0 Å². The molecule has 0 aliphatic heterocycles. The molecule has 0 aliphatic rings. The summed E-state index contributed by atoms with van der Waals surface area (Å²) < 4.78 is 30.4. The van der Waals surface area contributed by atoms with Gasteiger partial charge in [0.15, 0.2) is 0 Å². The van der Waals surface area contributed by atoms with Crippen molar-refractivity contribution in [1.82, 2.24) is 0 Å². The van der Waals surface area contributed by atoms with Gasteiger partial charge in [0.1, 0.15) is 0 Å². The van der Waals surface area contributed by atoms with Crippen molar-refractivity contribution >= 4 is 10.4 Å². The third kappa shape index (κ3) is 14.4. The third-order valence-corrected chi connectivity index (χ3v) is 4.27. The summed E-state index contributed by atoms with van der Waals surface area (Å²) in [5, 5.41) is 43.4. The molecular formula is C14H31NaO9S. The van der Waals surface area contributed by atoms with Gasteiger partial charge in [-0.15, -0.1) is 0 Å². The van der Waals surface area contributed by atoms with E-state index in [9.17, 15) is 8.42 Å². The average Bonchev–Trinajstić information content (AvgIpc) is 2.42. The molecule has 0 atom stereocenters. The second kappa shape index (κ2) is 13.8. The SMILES string of the molecule is CCCCCCCCCCCCOS(=O)(=O)OC(O)(O)C(O)(O)O.[H-].[Na+]. The largest absolute Gasteiger partial charge is 1.00 e. The van der Waals surface area contributed by atoms with Gasteiger partial charge < -0.3 is 27.0 Å². The first-order valence-electron chi connectivity index (χ1n) is 8.23. The molecule has 0 aromatic carbocycles. The minimum atomic E-state index is -4.91. The second-order valence-corrected chi connectivity index (χ2v) is 6.96. The Hall–Kier alpha value is 0.670. The van der Waals surface area contributed by atoms with Gasteiger partial charge in [0.05, 0.1) is 6.61 Å². The fourth-order valence-corrected chi connectivity index (χ4v) is 2.74. The van der Waals surface area contributed by atoms with Gasteiger partial charge in [0.25, 0.3) is 0 Å². The van der Waals surface area contributed by atoms with Crippen LogP contribution in [-0.4, -0.2) is 52.5 Å². The van der Waals surface area contributed by atoms with E-state index in [4.69, 9.17) is 25.5 Å². The van der Waals surface area contributed by atoms with Gasteiger partial charge in [0, 0.05) is 0 Å². The molecule has 0 amide bonds. The zero-order chi connectivity index (χ0) is 18.7. The minimum absolute atomic E-state index is 0. The van der Waals surface area contributed by atoms with Crippen LogP contribution < -0.4 is 29.6 Å². The van der Waals surface area contributed by atoms with Crippen LogP contribution in [0, 0.1) is 0 Å². The van der Waals surface area contributed by atoms with Gasteiger partial charge in [-0.05, 0) is 6.42 Å². The predicted octanol–water partition coefficient (Wildman–Crippen LogP) is -2.43. The van der Waals surface area contributed by atoms with Crippen molar-refractivity contribution in [3.63, 3.8) is 0 Å². The van der Waals surface area contributed by atoms with E-state index in [-0.39, 0.29) is 37.6 Å². The maximum absolute atomic E-state index is 11.3. The summed E-state index contributed by atoms with van der Waals surface area (Å²) in [6.45, 7) is 1.91. The van der Waals surface area contributed by atoms with Crippen molar-refractivity contribution in [3.8, 4) is 0 Å². The molecule has 0 radical (unpaired) electrons. The molecule has 0 spiro atoms. The zero-order valence-corrected chi connectivity index (χ0v) is 17.9. The van der Waals surface area contributed by atoms with E-state index in [1.54, 1.807) is 0 Å². The Labute approximate surface area is 173 Å². The molecule has 0 aliphatic carbocycles. The van der Waals surface area contributed by atoms with Gasteiger partial charge in [-0.1, -0.05) is 64.7 Å². The van der Waals surface area contributed by atoms with E-state index in [1.165, 1.54) is 32.1 Å². The fourth-order valence-electron chi connectivity index (χ4n) is 1.97. The van der Waals surface area contributed by atoms with Crippen LogP contribution in [0.3, 0.4) is 0 Å². The summed E-state index contributed by atoms with van der Waals surface area (Å²) in [7, 11) is -4.91. The molecule has 0 fully saturated rings. The first-order valence-corrected chi connectivity index (χ1v) is 9.57. The van der Waals surface area contributed by atoms with Gasteiger partial charge in [0.2, 0.25) is 0 Å². The van der Waals surface area contributed by atoms with Crippen LogP contribution in [0.5, 0.6) is 0 Å². The molecule has 148 valence electrons. The van der Waals surface area contributed by atoms with E-state index in [1.807, 2.05) is 0 Å². The van der Waals surface area contributed by atoms with E-state index < -0.39 is 22.3 Å². The maximum Gasteiger partial charge on any atom is 1.00 e. The van der Waals surface area contributed by atoms with Gasteiger partial charge in [-0.25, -0.2) is 4.18 Å². The van der Waals surface area contributed by atoms with E-state index in [0.29, 0.717) is 6.42 Å². The topological polar surface area (TPSA) is 154 Å². The van der Waals surface area contributed by atoms with Crippen molar-refractivity contribution in [2.45, 2.75) is 83.1 Å². The molecule has 11 heteroatoms. The van der Waals surface area contributed by atoms with E-state index in [2.05, 4.69) is 15.3 Å². The van der Waals surface area contributed by atoms with Crippen LogP contribution in [-0.2, 0) is 18.8 Å². The molecule has 5 N–H and O–H groups in total. The summed E-state index contributed by atoms with van der Waals surface area (Å²) >= 11 is 0. The Kier molecular flexibility index (Phi) is 15.4. The summed E-state index contributed by atoms with van der Waals surface area (Å²) in [4.78, 5) is 0. The Morgan fingerprint density at radius 3 is 1.60 bits per heavy atom. The molecular weight excluding hydrogens is 367 g/mol. The minimum Gasteiger partial charge on any atom is -1.00 e. The molecule has 0 saturated heterocycles. The Morgan fingerprint density at radius 1 is 0.800 bits per heavy atom. The zero-order valence-electron chi connectivity index (χ0n) is 16.1. The molecule has 9 nitrogen and oxygen atoms in total. The van der Waals surface area contributed by atoms with Crippen LogP contribution in [0.1, 0.15) is 72.6 Å². The quantitative estimate of drug-likeness (QED) is 0.115. The third-order valence-electron chi connectivity index (χ3n) is 3.38. The fraction of sp³-hybridized carbons (Fsp3) is 1.00. The Bertz CT molecular complexity index is 427. The summed E-state index contributed by atoms with van der Waals surface area (Å²) in [6.07, 6.45) is 10.4. The molecule has 0 rings (SSSR count). The average molecular weight is 398 g/mol. The van der Waals surface area contributed by atoms with Crippen molar-refractivity contribution in [1.29, 1.82) is 0 Å². The molecule has 0 aromatic heterocycles. The molecule has 0 heterocycles. The number of aliphatic hydroxyl groups is 5. The Balaban J connectivity index is -0.00000264. The summed E-state index contributed by atoms with van der Waals surface area (Å²) in [5.41, 5.74) is 0. The van der Waals surface area contributed by atoms with Gasteiger partial charge >= 0.3 is 51.9 Å². The second-order valence-electron chi connectivity index (χ2n) is 5.74. The monoisotopic (exact) mass is 398 g/mol. The number of hydrogen-bond acceptors (Lipinski definition) is 9.